The maximum Gasteiger partial charge on any atom is 0.171 e. The summed E-state index contributed by atoms with van der Waals surface area (Å²) in [7, 11) is 0. The number of nitrogens with one attached hydrogen (secondary N) is 1. The number of H-pyrrole nitrogens is 1. The first-order valence-electron chi connectivity index (χ1n) is 4.98. The van der Waals surface area contributed by atoms with Crippen LogP contribution in [-0.2, 0) is 6.42 Å². The van der Waals surface area contributed by atoms with Crippen molar-refractivity contribution in [2.45, 2.75) is 29.9 Å². The van der Waals surface area contributed by atoms with E-state index in [0.717, 1.165) is 28.8 Å². The average Bonchev–Trinajstić information content (AvgIpc) is 2.70. The molecule has 0 aromatic carbocycles. The minimum Gasteiger partial charge on any atom is -0.339 e. The van der Waals surface area contributed by atoms with Crippen LogP contribution in [0.4, 0.5) is 0 Å². The quantitative estimate of drug-likeness (QED) is 0.853. The van der Waals surface area contributed by atoms with Gasteiger partial charge in [0, 0.05) is 24.9 Å². The van der Waals surface area contributed by atoms with E-state index in [-0.39, 0.29) is 0 Å². The third-order valence-electron chi connectivity index (χ3n) is 1.87. The number of imidazole rings is 1. The van der Waals surface area contributed by atoms with E-state index in [1.165, 1.54) is 11.8 Å². The second-order valence-electron chi connectivity index (χ2n) is 3.19. The van der Waals surface area contributed by atoms with Crippen LogP contribution in [0.25, 0.3) is 0 Å². The van der Waals surface area contributed by atoms with Crippen molar-refractivity contribution < 1.29 is 0 Å². The van der Waals surface area contributed by atoms with Gasteiger partial charge in [-0.3, -0.25) is 0 Å². The van der Waals surface area contributed by atoms with Crippen molar-refractivity contribution >= 4 is 23.4 Å². The lowest BCUT2D eigenvalue weighted by Gasteiger charge is -2.02. The Bertz CT molecular complexity index is 458. The number of nitrogens with zero attached hydrogens (tertiary/aromatic N) is 3. The van der Waals surface area contributed by atoms with Crippen molar-refractivity contribution in [3.63, 3.8) is 0 Å². The molecule has 0 aliphatic heterocycles. The van der Waals surface area contributed by atoms with E-state index < -0.39 is 0 Å². The van der Waals surface area contributed by atoms with Crippen LogP contribution in [0.15, 0.2) is 28.6 Å². The molecule has 0 atom stereocenters. The van der Waals surface area contributed by atoms with Crippen LogP contribution in [0.2, 0.25) is 5.15 Å². The Morgan fingerprint density at radius 1 is 1.44 bits per heavy atom. The number of halogens is 1. The number of aromatic amines is 1. The summed E-state index contributed by atoms with van der Waals surface area (Å²) in [5.41, 5.74) is 0. The van der Waals surface area contributed by atoms with E-state index >= 15 is 0 Å². The second kappa shape index (κ2) is 5.32. The summed E-state index contributed by atoms with van der Waals surface area (Å²) in [6.07, 6.45) is 5.33. The molecule has 16 heavy (non-hydrogen) atoms. The Kier molecular flexibility index (Phi) is 3.79. The molecule has 0 aliphatic rings. The van der Waals surface area contributed by atoms with Gasteiger partial charge in [0.2, 0.25) is 0 Å². The molecule has 0 bridgehead atoms. The molecule has 2 aromatic heterocycles. The molecule has 2 rings (SSSR count). The van der Waals surface area contributed by atoms with Gasteiger partial charge < -0.3 is 4.98 Å². The van der Waals surface area contributed by atoms with Gasteiger partial charge in [-0.05, 0) is 18.2 Å². The number of aryl methyl sites for hydroxylation is 1. The molecule has 0 unspecified atom stereocenters. The number of hydrogen-bond donors (Lipinski definition) is 1. The van der Waals surface area contributed by atoms with Crippen molar-refractivity contribution in [1.29, 1.82) is 0 Å². The van der Waals surface area contributed by atoms with Crippen LogP contribution in [0.3, 0.4) is 0 Å². The lowest BCUT2D eigenvalue weighted by molar-refractivity contribution is 0.809. The highest BCUT2D eigenvalue weighted by Crippen LogP contribution is 2.24. The zero-order chi connectivity index (χ0) is 11.4. The van der Waals surface area contributed by atoms with Crippen LogP contribution in [0.1, 0.15) is 19.2 Å². The van der Waals surface area contributed by atoms with E-state index in [2.05, 4.69) is 26.9 Å². The second-order valence-corrected chi connectivity index (χ2v) is 4.59. The Balaban J connectivity index is 2.20. The van der Waals surface area contributed by atoms with Crippen molar-refractivity contribution in [3.8, 4) is 0 Å². The highest BCUT2D eigenvalue weighted by molar-refractivity contribution is 7.99. The maximum absolute atomic E-state index is 5.93. The molecule has 0 aliphatic carbocycles. The van der Waals surface area contributed by atoms with Crippen LogP contribution in [-0.4, -0.2) is 19.9 Å². The monoisotopic (exact) mass is 254 g/mol. The topological polar surface area (TPSA) is 54.5 Å². The molecule has 0 radical (unpaired) electrons. The number of rotatable bonds is 4. The van der Waals surface area contributed by atoms with Crippen LogP contribution in [0, 0.1) is 0 Å². The third-order valence-corrected chi connectivity index (χ3v) is 2.89. The van der Waals surface area contributed by atoms with Crippen LogP contribution in [0.5, 0.6) is 0 Å². The Morgan fingerprint density at radius 2 is 2.31 bits per heavy atom. The zero-order valence-corrected chi connectivity index (χ0v) is 10.3. The fourth-order valence-corrected chi connectivity index (χ4v) is 2.26. The molecule has 2 aromatic rings. The lowest BCUT2D eigenvalue weighted by atomic mass is 10.3. The SMILES string of the molecule is CCCc1nc(Cl)cc(Sc2ncc[nH]2)n1. The zero-order valence-electron chi connectivity index (χ0n) is 8.77. The molecule has 2 heterocycles. The van der Waals surface area contributed by atoms with Gasteiger partial charge >= 0.3 is 0 Å². The predicted octanol–water partition coefficient (Wildman–Crippen LogP) is 2.96. The van der Waals surface area contributed by atoms with E-state index in [1.54, 1.807) is 18.5 Å². The molecule has 0 fully saturated rings. The molecule has 1 N–H and O–H groups in total. The molecule has 4 nitrogen and oxygen atoms in total. The Morgan fingerprint density at radius 3 is 3.00 bits per heavy atom. The Hall–Kier alpha value is -1.07. The first-order chi connectivity index (χ1) is 7.78. The molecular formula is C10H11ClN4S. The standard InChI is InChI=1S/C10H11ClN4S/c1-2-3-8-14-7(11)6-9(15-8)16-10-12-4-5-13-10/h4-6H,2-3H2,1H3,(H,12,13). The van der Waals surface area contributed by atoms with Gasteiger partial charge in [0.1, 0.15) is 16.0 Å². The van der Waals surface area contributed by atoms with Crippen molar-refractivity contribution in [2.24, 2.45) is 0 Å². The van der Waals surface area contributed by atoms with E-state index in [0.29, 0.717) is 5.15 Å². The van der Waals surface area contributed by atoms with Crippen LogP contribution < -0.4 is 0 Å². The van der Waals surface area contributed by atoms with Crippen molar-refractivity contribution in [2.75, 3.05) is 0 Å². The molecule has 84 valence electrons. The molecule has 6 heteroatoms. The highest BCUT2D eigenvalue weighted by atomic mass is 35.5. The summed E-state index contributed by atoms with van der Waals surface area (Å²) < 4.78 is 0. The van der Waals surface area contributed by atoms with Gasteiger partial charge in [0.15, 0.2) is 5.16 Å². The summed E-state index contributed by atoms with van der Waals surface area (Å²) >= 11 is 7.38. The van der Waals surface area contributed by atoms with Crippen molar-refractivity contribution in [1.82, 2.24) is 19.9 Å². The molecule has 0 amide bonds. The first kappa shape index (κ1) is 11.4. The highest BCUT2D eigenvalue weighted by Gasteiger charge is 2.05. The van der Waals surface area contributed by atoms with E-state index in [9.17, 15) is 0 Å². The fourth-order valence-electron chi connectivity index (χ4n) is 1.24. The van der Waals surface area contributed by atoms with Gasteiger partial charge in [-0.2, -0.15) is 0 Å². The van der Waals surface area contributed by atoms with Gasteiger partial charge in [-0.15, -0.1) is 0 Å². The molecule has 0 saturated heterocycles. The van der Waals surface area contributed by atoms with Crippen LogP contribution >= 0.6 is 23.4 Å². The third kappa shape index (κ3) is 2.96. The molecular weight excluding hydrogens is 244 g/mol. The minimum absolute atomic E-state index is 0.479. The first-order valence-corrected chi connectivity index (χ1v) is 6.18. The van der Waals surface area contributed by atoms with Gasteiger partial charge in [-0.25, -0.2) is 15.0 Å². The fraction of sp³-hybridized carbons (Fsp3) is 0.300. The minimum atomic E-state index is 0.479. The van der Waals surface area contributed by atoms with Gasteiger partial charge in [-0.1, -0.05) is 18.5 Å². The maximum atomic E-state index is 5.93. The summed E-state index contributed by atoms with van der Waals surface area (Å²) in [5.74, 6) is 0.782. The predicted molar refractivity (Wildman–Crippen MR) is 63.7 cm³/mol. The summed E-state index contributed by atoms with van der Waals surface area (Å²) in [6.45, 7) is 2.09. The van der Waals surface area contributed by atoms with E-state index in [4.69, 9.17) is 11.6 Å². The largest absolute Gasteiger partial charge is 0.339 e. The summed E-state index contributed by atoms with van der Waals surface area (Å²) in [4.78, 5) is 15.7. The lowest BCUT2D eigenvalue weighted by Crippen LogP contribution is -1.96. The van der Waals surface area contributed by atoms with E-state index in [1.807, 2.05) is 0 Å². The molecule has 0 spiro atoms. The van der Waals surface area contributed by atoms with Crippen molar-refractivity contribution in [3.05, 3.63) is 29.4 Å². The summed E-state index contributed by atoms with van der Waals surface area (Å²) in [5, 5.41) is 2.10. The smallest absolute Gasteiger partial charge is 0.171 e. The molecule has 0 saturated carbocycles. The average molecular weight is 255 g/mol. The Labute approximate surface area is 103 Å². The number of aromatic nitrogens is 4. The number of hydrogen-bond acceptors (Lipinski definition) is 4. The normalized spacial score (nSPS) is 10.6. The summed E-state index contributed by atoms with van der Waals surface area (Å²) in [6, 6.07) is 1.74. The van der Waals surface area contributed by atoms with Gasteiger partial charge in [0.25, 0.3) is 0 Å². The van der Waals surface area contributed by atoms with Gasteiger partial charge in [0.05, 0.1) is 0 Å².